The lowest BCUT2D eigenvalue weighted by Crippen LogP contribution is -1.92. The normalized spacial score (nSPS) is 13.0. The van der Waals surface area contributed by atoms with Crippen LogP contribution in [0.2, 0.25) is 0 Å². The Morgan fingerprint density at radius 2 is 0.786 bits per heavy atom. The van der Waals surface area contributed by atoms with Gasteiger partial charge in [0.25, 0.3) is 0 Å². The summed E-state index contributed by atoms with van der Waals surface area (Å²) in [5.41, 5.74) is 0. The molecule has 126 valence electrons. The van der Waals surface area contributed by atoms with Crippen LogP contribution in [0, 0.1) is 0 Å². The van der Waals surface area contributed by atoms with Gasteiger partial charge in [-0.1, -0.05) is 72.8 Å². The molecule has 0 saturated heterocycles. The Hall–Kier alpha value is -3.64. The van der Waals surface area contributed by atoms with Gasteiger partial charge in [-0.25, -0.2) is 0 Å². The van der Waals surface area contributed by atoms with Gasteiger partial charge in [0.1, 0.15) is 0 Å². The lowest BCUT2D eigenvalue weighted by Gasteiger charge is -2.21. The molecule has 8 aromatic carbocycles. The predicted octanol–water partition coefficient (Wildman–Crippen LogP) is 8.07. The average molecular weight is 350 g/mol. The minimum absolute atomic E-state index is 1.33. The third-order valence-electron chi connectivity index (χ3n) is 6.84. The van der Waals surface area contributed by atoms with Crippen LogP contribution in [0.1, 0.15) is 0 Å². The highest BCUT2D eigenvalue weighted by Gasteiger charge is 2.20. The second kappa shape index (κ2) is 4.26. The van der Waals surface area contributed by atoms with Crippen LogP contribution >= 0.6 is 0 Å². The summed E-state index contributed by atoms with van der Waals surface area (Å²) < 4.78 is 0. The van der Waals surface area contributed by atoms with Crippen LogP contribution in [0.25, 0.3) is 75.4 Å². The third kappa shape index (κ3) is 1.34. The zero-order valence-corrected chi connectivity index (χ0v) is 15.1. The summed E-state index contributed by atoms with van der Waals surface area (Å²) in [6.07, 6.45) is 0. The molecule has 8 rings (SSSR count). The van der Waals surface area contributed by atoms with Crippen LogP contribution in [-0.4, -0.2) is 0 Å². The van der Waals surface area contributed by atoms with Gasteiger partial charge in [-0.3, -0.25) is 0 Å². The highest BCUT2D eigenvalue weighted by atomic mass is 14.2. The Morgan fingerprint density at radius 3 is 1.57 bits per heavy atom. The Bertz CT molecular complexity index is 1850. The van der Waals surface area contributed by atoms with E-state index >= 15 is 0 Å². The summed E-state index contributed by atoms with van der Waals surface area (Å²) in [6, 6.07) is 32.0. The molecule has 0 radical (unpaired) electrons. The van der Waals surface area contributed by atoms with Crippen LogP contribution in [0.5, 0.6) is 0 Å². The van der Waals surface area contributed by atoms with E-state index in [4.69, 9.17) is 0 Å². The van der Waals surface area contributed by atoms with Crippen molar-refractivity contribution in [1.29, 1.82) is 0 Å². The highest BCUT2D eigenvalue weighted by molar-refractivity contribution is 6.45. The molecule has 0 bridgehead atoms. The summed E-state index contributed by atoms with van der Waals surface area (Å²) in [5.74, 6) is 0. The van der Waals surface area contributed by atoms with E-state index in [9.17, 15) is 0 Å². The van der Waals surface area contributed by atoms with E-state index in [1.54, 1.807) is 0 Å². The predicted molar refractivity (Wildman–Crippen MR) is 123 cm³/mol. The first-order valence-corrected chi connectivity index (χ1v) is 9.87. The lowest BCUT2D eigenvalue weighted by molar-refractivity contribution is 1.80. The van der Waals surface area contributed by atoms with Crippen molar-refractivity contribution in [2.45, 2.75) is 0 Å². The van der Waals surface area contributed by atoms with Crippen molar-refractivity contribution in [3.05, 3.63) is 84.9 Å². The maximum Gasteiger partial charge on any atom is -0.000741 e. The average Bonchev–Trinajstić information content (AvgIpc) is 2.75. The van der Waals surface area contributed by atoms with E-state index in [1.807, 2.05) is 0 Å². The third-order valence-corrected chi connectivity index (χ3v) is 6.84. The van der Waals surface area contributed by atoms with Crippen molar-refractivity contribution < 1.29 is 0 Å². The SMILES string of the molecule is c1cc2ccc3cc4ccc5ccc6cccc7c8cc(c1)c2c3c8c4c5c67. The Morgan fingerprint density at radius 1 is 0.286 bits per heavy atom. The highest BCUT2D eigenvalue weighted by Crippen LogP contribution is 2.48. The van der Waals surface area contributed by atoms with Crippen LogP contribution in [0.3, 0.4) is 0 Å². The van der Waals surface area contributed by atoms with Gasteiger partial charge in [-0.05, 0) is 87.5 Å². The molecule has 0 atom stereocenters. The molecule has 0 aliphatic heterocycles. The molecule has 0 aliphatic carbocycles. The Kier molecular flexibility index (Phi) is 2.06. The first-order chi connectivity index (χ1) is 13.9. The van der Waals surface area contributed by atoms with E-state index in [2.05, 4.69) is 84.9 Å². The number of hydrogen-bond acceptors (Lipinski definition) is 0. The minimum atomic E-state index is 1.33. The fourth-order valence-corrected chi connectivity index (χ4v) is 5.76. The quantitative estimate of drug-likeness (QED) is 0.191. The summed E-state index contributed by atoms with van der Waals surface area (Å²) in [7, 11) is 0. The van der Waals surface area contributed by atoms with Crippen molar-refractivity contribution in [2.24, 2.45) is 0 Å². The van der Waals surface area contributed by atoms with E-state index in [0.717, 1.165) is 0 Å². The molecule has 0 fully saturated rings. The number of fused-ring (bicyclic) bond motifs is 1. The maximum atomic E-state index is 2.42. The molecule has 28 heavy (non-hydrogen) atoms. The molecule has 0 heterocycles. The van der Waals surface area contributed by atoms with Crippen molar-refractivity contribution in [2.75, 3.05) is 0 Å². The summed E-state index contributed by atoms with van der Waals surface area (Å²) in [4.78, 5) is 0. The van der Waals surface area contributed by atoms with Crippen molar-refractivity contribution in [3.8, 4) is 0 Å². The van der Waals surface area contributed by atoms with Crippen LogP contribution < -0.4 is 0 Å². The van der Waals surface area contributed by atoms with Crippen LogP contribution in [0.15, 0.2) is 84.9 Å². The fraction of sp³-hybridized carbons (Fsp3) is 0. The zero-order chi connectivity index (χ0) is 18.0. The minimum Gasteiger partial charge on any atom is -0.0610 e. The smallest absolute Gasteiger partial charge is 0.000741 e. The van der Waals surface area contributed by atoms with Crippen molar-refractivity contribution in [1.82, 2.24) is 0 Å². The van der Waals surface area contributed by atoms with E-state index < -0.39 is 0 Å². The van der Waals surface area contributed by atoms with E-state index in [0.29, 0.717) is 0 Å². The number of rotatable bonds is 0. The molecule has 0 spiro atoms. The summed E-state index contributed by atoms with van der Waals surface area (Å²) in [5, 5.41) is 19.4. The molecule has 0 aliphatic rings. The monoisotopic (exact) mass is 350 g/mol. The van der Waals surface area contributed by atoms with Gasteiger partial charge in [-0.2, -0.15) is 0 Å². The summed E-state index contributed by atoms with van der Waals surface area (Å²) in [6.45, 7) is 0. The number of hydrogen-bond donors (Lipinski definition) is 0. The fourth-order valence-electron chi connectivity index (χ4n) is 5.76. The topological polar surface area (TPSA) is 0 Å². The second-order valence-corrected chi connectivity index (χ2v) is 8.15. The molecular weight excluding hydrogens is 336 g/mol. The maximum absolute atomic E-state index is 2.42. The molecule has 0 amide bonds. The molecule has 0 unspecified atom stereocenters. The summed E-state index contributed by atoms with van der Waals surface area (Å²) >= 11 is 0. The van der Waals surface area contributed by atoms with Crippen LogP contribution in [-0.2, 0) is 0 Å². The zero-order valence-electron chi connectivity index (χ0n) is 15.1. The van der Waals surface area contributed by atoms with Gasteiger partial charge in [0, 0.05) is 0 Å². The van der Waals surface area contributed by atoms with Gasteiger partial charge in [0.15, 0.2) is 0 Å². The molecule has 0 heteroatoms. The second-order valence-electron chi connectivity index (χ2n) is 8.15. The van der Waals surface area contributed by atoms with E-state index in [-0.39, 0.29) is 0 Å². The Balaban J connectivity index is 1.92. The molecule has 0 nitrogen and oxygen atoms in total. The van der Waals surface area contributed by atoms with Crippen LogP contribution in [0.4, 0.5) is 0 Å². The molecule has 0 saturated carbocycles. The number of benzene rings is 8. The molecule has 0 N–H and O–H groups in total. The standard InChI is InChI=1S/C28H14/c1-3-15-9-11-19-13-20-12-10-17-8-7-16-4-2-6-21-22-14-18(5-1)23(15)26(19)28(22)27(20)25(17)24(16)21/h1-14H. The lowest BCUT2D eigenvalue weighted by atomic mass is 9.82. The largest absolute Gasteiger partial charge is 0.0610 e. The van der Waals surface area contributed by atoms with Crippen molar-refractivity contribution in [3.63, 3.8) is 0 Å². The van der Waals surface area contributed by atoms with E-state index in [1.165, 1.54) is 75.4 Å². The molecule has 0 aromatic heterocycles. The molecule has 8 aromatic rings. The van der Waals surface area contributed by atoms with Gasteiger partial charge in [-0.15, -0.1) is 0 Å². The van der Waals surface area contributed by atoms with Crippen molar-refractivity contribution >= 4 is 75.4 Å². The van der Waals surface area contributed by atoms with Gasteiger partial charge in [0.2, 0.25) is 0 Å². The van der Waals surface area contributed by atoms with Gasteiger partial charge in [0.05, 0.1) is 0 Å². The molecular formula is C28H14. The van der Waals surface area contributed by atoms with Gasteiger partial charge >= 0.3 is 0 Å². The first-order valence-electron chi connectivity index (χ1n) is 9.87. The van der Waals surface area contributed by atoms with Gasteiger partial charge < -0.3 is 0 Å². The first kappa shape index (κ1) is 13.5. The Labute approximate surface area is 160 Å².